The van der Waals surface area contributed by atoms with Crippen LogP contribution < -0.4 is 30.0 Å². The molecule has 0 spiro atoms. The smallest absolute Gasteiger partial charge is 0.250 e. The van der Waals surface area contributed by atoms with Crippen molar-refractivity contribution in [1.29, 1.82) is 0 Å². The lowest BCUT2D eigenvalue weighted by molar-refractivity contribution is 0.122. The zero-order valence-corrected chi connectivity index (χ0v) is 21.8. The summed E-state index contributed by atoms with van der Waals surface area (Å²) in [6.45, 7) is 3.22. The van der Waals surface area contributed by atoms with E-state index in [4.69, 9.17) is 18.9 Å². The van der Waals surface area contributed by atoms with Crippen molar-refractivity contribution in [3.8, 4) is 34.5 Å². The average Bonchev–Trinajstić information content (AvgIpc) is 2.98. The molecule has 4 heterocycles. The predicted octanol–water partition coefficient (Wildman–Crippen LogP) is 3.99. The van der Waals surface area contributed by atoms with Crippen LogP contribution in [-0.2, 0) is 17.7 Å². The summed E-state index contributed by atoms with van der Waals surface area (Å²) in [4.78, 5) is 26.5. The molecule has 2 aromatic carbocycles. The third-order valence-electron chi connectivity index (χ3n) is 6.84. The van der Waals surface area contributed by atoms with Crippen LogP contribution in [0.1, 0.15) is 17.0 Å². The second-order valence-corrected chi connectivity index (χ2v) is 9.33. The maximum absolute atomic E-state index is 12.6. The molecule has 0 atom stereocenters. The Kier molecular flexibility index (Phi) is 6.76. The fourth-order valence-corrected chi connectivity index (χ4v) is 4.90. The summed E-state index contributed by atoms with van der Waals surface area (Å²) in [7, 11) is 3.12. The first-order valence-corrected chi connectivity index (χ1v) is 12.8. The number of ether oxygens (including phenoxy) is 4. The van der Waals surface area contributed by atoms with E-state index in [-0.39, 0.29) is 5.56 Å². The molecule has 0 unspecified atom stereocenters. The van der Waals surface area contributed by atoms with Crippen LogP contribution in [-0.4, -0.2) is 55.5 Å². The largest absolute Gasteiger partial charge is 0.481 e. The number of rotatable bonds is 7. The van der Waals surface area contributed by atoms with Gasteiger partial charge in [0.1, 0.15) is 11.5 Å². The highest BCUT2D eigenvalue weighted by Crippen LogP contribution is 2.43. The van der Waals surface area contributed by atoms with E-state index in [1.807, 2.05) is 30.3 Å². The number of para-hydroxylation sites is 1. The van der Waals surface area contributed by atoms with E-state index in [9.17, 15) is 4.79 Å². The minimum atomic E-state index is -0.142. The van der Waals surface area contributed by atoms with Crippen molar-refractivity contribution in [3.63, 3.8) is 0 Å². The zero-order chi connectivity index (χ0) is 26.8. The number of hydrogen-bond donors (Lipinski definition) is 2. The Morgan fingerprint density at radius 1 is 0.974 bits per heavy atom. The lowest BCUT2D eigenvalue weighted by Crippen LogP contribution is -2.36. The Balaban J connectivity index is 1.24. The summed E-state index contributed by atoms with van der Waals surface area (Å²) in [5.74, 6) is 3.00. The predicted molar refractivity (Wildman–Crippen MR) is 147 cm³/mol. The van der Waals surface area contributed by atoms with Gasteiger partial charge in [0.2, 0.25) is 17.3 Å². The Labute approximate surface area is 225 Å². The van der Waals surface area contributed by atoms with E-state index in [0.717, 1.165) is 58.3 Å². The summed E-state index contributed by atoms with van der Waals surface area (Å²) in [6.07, 6.45) is 0.699. The molecule has 39 heavy (non-hydrogen) atoms. The fourth-order valence-electron chi connectivity index (χ4n) is 4.90. The molecule has 10 heteroatoms. The van der Waals surface area contributed by atoms with Crippen LogP contribution in [0.25, 0.3) is 11.3 Å². The van der Waals surface area contributed by atoms with Gasteiger partial charge in [-0.2, -0.15) is 9.97 Å². The molecular weight excluding hydrogens is 498 g/mol. The molecule has 0 aliphatic carbocycles. The second kappa shape index (κ2) is 10.7. The molecule has 6 rings (SSSR count). The molecule has 10 nitrogen and oxygen atoms in total. The maximum atomic E-state index is 12.6. The lowest BCUT2D eigenvalue weighted by Gasteiger charge is -2.29. The molecule has 200 valence electrons. The first-order chi connectivity index (χ1) is 19.1. The van der Waals surface area contributed by atoms with Crippen molar-refractivity contribution in [2.45, 2.75) is 13.0 Å². The summed E-state index contributed by atoms with van der Waals surface area (Å²) in [6, 6.07) is 17.3. The molecule has 2 aliphatic rings. The van der Waals surface area contributed by atoms with Gasteiger partial charge in [0.05, 0.1) is 45.7 Å². The van der Waals surface area contributed by atoms with Gasteiger partial charge in [-0.05, 0) is 35.9 Å². The van der Waals surface area contributed by atoms with Gasteiger partial charge in [-0.1, -0.05) is 12.1 Å². The minimum absolute atomic E-state index is 0.142. The first-order valence-electron chi connectivity index (χ1n) is 12.8. The van der Waals surface area contributed by atoms with Crippen molar-refractivity contribution < 1.29 is 18.9 Å². The number of H-pyrrole nitrogens is 1. The van der Waals surface area contributed by atoms with Gasteiger partial charge in [0.25, 0.3) is 0 Å². The molecule has 0 radical (unpaired) electrons. The van der Waals surface area contributed by atoms with Gasteiger partial charge >= 0.3 is 0 Å². The summed E-state index contributed by atoms with van der Waals surface area (Å²) < 4.78 is 22.4. The Morgan fingerprint density at radius 2 is 1.77 bits per heavy atom. The molecule has 1 fully saturated rings. The van der Waals surface area contributed by atoms with Crippen LogP contribution in [0.2, 0.25) is 0 Å². The van der Waals surface area contributed by atoms with E-state index in [2.05, 4.69) is 37.3 Å². The normalized spacial score (nSPS) is 14.2. The van der Waals surface area contributed by atoms with E-state index in [1.54, 1.807) is 26.4 Å². The lowest BCUT2D eigenvalue weighted by atomic mass is 9.96. The molecule has 2 aromatic heterocycles. The Morgan fingerprint density at radius 3 is 2.54 bits per heavy atom. The monoisotopic (exact) mass is 527 g/mol. The Bertz CT molecular complexity index is 1540. The van der Waals surface area contributed by atoms with Crippen molar-refractivity contribution in [3.05, 3.63) is 81.9 Å². The number of aromatic nitrogens is 3. The van der Waals surface area contributed by atoms with Gasteiger partial charge in [-0.3, -0.25) is 4.79 Å². The number of aromatic amines is 1. The zero-order valence-electron chi connectivity index (χ0n) is 21.8. The number of methoxy groups -OCH3 is 2. The molecule has 0 bridgehead atoms. The molecule has 0 amide bonds. The van der Waals surface area contributed by atoms with Crippen molar-refractivity contribution in [1.82, 2.24) is 15.0 Å². The SMILES string of the molecule is COc1cc(OC)nc(CNc2ccc3c(c2)Cc2cccc(-c4cc(N5CCOCC5)cc(=O)[nH]4)c2O3)n1. The van der Waals surface area contributed by atoms with E-state index >= 15 is 0 Å². The highest BCUT2D eigenvalue weighted by molar-refractivity contribution is 5.74. The molecule has 4 aromatic rings. The van der Waals surface area contributed by atoms with Crippen molar-refractivity contribution in [2.24, 2.45) is 0 Å². The number of pyridine rings is 1. The summed E-state index contributed by atoms with van der Waals surface area (Å²) in [5, 5.41) is 3.37. The number of nitrogens with one attached hydrogen (secondary N) is 2. The third kappa shape index (κ3) is 5.23. The van der Waals surface area contributed by atoms with Crippen molar-refractivity contribution >= 4 is 11.4 Å². The molecule has 1 saturated heterocycles. The summed E-state index contributed by atoms with van der Waals surface area (Å²) >= 11 is 0. The van der Waals surface area contributed by atoms with E-state index < -0.39 is 0 Å². The standard InChI is InChI=1S/C29H29N5O5/c1-36-27-16-28(37-2)33-25(32-27)17-30-20-6-7-24-19(13-20)12-18-4-3-5-22(29(18)39-24)23-14-21(15-26(35)31-23)34-8-10-38-11-9-34/h3-7,13-16,30H,8-12,17H2,1-2H3,(H,31,35). The van der Waals surface area contributed by atoms with Crippen LogP contribution in [0.5, 0.6) is 23.3 Å². The first kappa shape index (κ1) is 24.7. The maximum Gasteiger partial charge on any atom is 0.250 e. The molecule has 0 saturated carbocycles. The highest BCUT2D eigenvalue weighted by Gasteiger charge is 2.22. The van der Waals surface area contributed by atoms with Crippen LogP contribution in [0.4, 0.5) is 11.4 Å². The number of nitrogens with zero attached hydrogens (tertiary/aromatic N) is 3. The van der Waals surface area contributed by atoms with Gasteiger partial charge in [-0.15, -0.1) is 0 Å². The van der Waals surface area contributed by atoms with Gasteiger partial charge in [0, 0.05) is 48.1 Å². The third-order valence-corrected chi connectivity index (χ3v) is 6.84. The quantitative estimate of drug-likeness (QED) is 0.325. The molecular formula is C29H29N5O5. The van der Waals surface area contributed by atoms with Gasteiger partial charge < -0.3 is 34.1 Å². The number of benzene rings is 2. The second-order valence-electron chi connectivity index (χ2n) is 9.33. The molecule has 2 aliphatic heterocycles. The van der Waals surface area contributed by atoms with E-state index in [1.165, 1.54) is 0 Å². The number of fused-ring (bicyclic) bond motifs is 2. The van der Waals surface area contributed by atoms with Crippen LogP contribution >= 0.6 is 0 Å². The highest BCUT2D eigenvalue weighted by atomic mass is 16.5. The van der Waals surface area contributed by atoms with E-state index in [0.29, 0.717) is 43.8 Å². The number of morpholine rings is 1. The number of hydrogen-bond acceptors (Lipinski definition) is 9. The minimum Gasteiger partial charge on any atom is -0.481 e. The average molecular weight is 528 g/mol. The van der Waals surface area contributed by atoms with Crippen LogP contribution in [0.3, 0.4) is 0 Å². The topological polar surface area (TPSA) is 111 Å². The number of anilines is 2. The van der Waals surface area contributed by atoms with Gasteiger partial charge in [-0.25, -0.2) is 0 Å². The fraction of sp³-hybridized carbons (Fsp3) is 0.276. The van der Waals surface area contributed by atoms with Crippen LogP contribution in [0.15, 0.2) is 59.4 Å². The van der Waals surface area contributed by atoms with Crippen molar-refractivity contribution in [2.75, 3.05) is 50.7 Å². The Hall–Kier alpha value is -4.57. The van der Waals surface area contributed by atoms with Crippen LogP contribution in [0, 0.1) is 0 Å². The van der Waals surface area contributed by atoms with Gasteiger partial charge in [0.15, 0.2) is 5.82 Å². The molecule has 2 N–H and O–H groups in total. The summed E-state index contributed by atoms with van der Waals surface area (Å²) in [5.41, 5.74) is 5.37.